The van der Waals surface area contributed by atoms with Gasteiger partial charge in [0.25, 0.3) is 0 Å². The molecule has 1 unspecified atom stereocenters. The zero-order valence-electron chi connectivity index (χ0n) is 6.43. The summed E-state index contributed by atoms with van der Waals surface area (Å²) in [7, 11) is 0. The first-order valence-corrected chi connectivity index (χ1v) is 3.12. The molecular weight excluding hydrogens is 250 g/mol. The second kappa shape index (κ2) is 3.71. The van der Waals surface area contributed by atoms with Crippen LogP contribution in [0.4, 0.5) is 43.9 Å². The Morgan fingerprint density at radius 2 is 0.800 bits per heavy atom. The van der Waals surface area contributed by atoms with E-state index in [0.717, 1.165) is 0 Å². The molecule has 10 heteroatoms. The molecule has 1 atom stereocenters. The van der Waals surface area contributed by atoms with Crippen LogP contribution in [0, 0.1) is 5.92 Å². The third-order valence-electron chi connectivity index (χ3n) is 1.31. The molecule has 0 saturated carbocycles. The van der Waals surface area contributed by atoms with Crippen LogP contribution in [0.5, 0.6) is 0 Å². The maximum atomic E-state index is 12.0. The van der Waals surface area contributed by atoms with E-state index in [4.69, 9.17) is 0 Å². The lowest BCUT2D eigenvalue weighted by Gasteiger charge is -2.26. The number of hydrogen-bond acceptors (Lipinski definition) is 0. The van der Waals surface area contributed by atoms with Crippen LogP contribution in [0.15, 0.2) is 0 Å². The Hall–Kier alpha value is -0.700. The van der Waals surface area contributed by atoms with Crippen molar-refractivity contribution in [2.24, 2.45) is 5.92 Å². The molecule has 0 heterocycles. The highest BCUT2D eigenvalue weighted by Crippen LogP contribution is 2.46. The summed E-state index contributed by atoms with van der Waals surface area (Å²) in [6.07, 6.45) is -23.9. The van der Waals surface area contributed by atoms with Crippen LogP contribution < -0.4 is 0 Å². The lowest BCUT2D eigenvalue weighted by atomic mass is 10.0. The Kier molecular flexibility index (Phi) is 3.53. The molecule has 0 aliphatic heterocycles. The van der Waals surface area contributed by atoms with Gasteiger partial charge in [-0.05, 0) is 0 Å². The second-order valence-electron chi connectivity index (χ2n) is 2.50. The van der Waals surface area contributed by atoms with Crippen LogP contribution in [0.2, 0.25) is 0 Å². The molecule has 0 fully saturated rings. The van der Waals surface area contributed by atoms with Gasteiger partial charge in [-0.25, -0.2) is 4.39 Å². The van der Waals surface area contributed by atoms with Crippen LogP contribution in [-0.2, 0) is 0 Å². The van der Waals surface area contributed by atoms with Crippen molar-refractivity contribution in [2.75, 3.05) is 0 Å². The molecule has 0 N–H and O–H groups in total. The first-order chi connectivity index (χ1) is 6.28. The van der Waals surface area contributed by atoms with Gasteiger partial charge in [-0.3, -0.25) is 0 Å². The maximum absolute atomic E-state index is 12.0. The van der Waals surface area contributed by atoms with Gasteiger partial charge in [0.2, 0.25) is 6.17 Å². The highest BCUT2D eigenvalue weighted by Gasteiger charge is 2.67. The molecule has 0 rings (SSSR count). The van der Waals surface area contributed by atoms with Gasteiger partial charge in [-0.1, -0.05) is 0 Å². The fraction of sp³-hybridized carbons (Fsp3) is 1.00. The molecule has 0 spiro atoms. The van der Waals surface area contributed by atoms with E-state index in [1.165, 1.54) is 0 Å². The quantitative estimate of drug-likeness (QED) is 0.625. The molecule has 0 aromatic heterocycles. The average Bonchev–Trinajstić information content (AvgIpc) is 1.76. The predicted octanol–water partition coefficient (Wildman–Crippen LogP) is 3.63. The minimum absolute atomic E-state index is 5.02. The van der Waals surface area contributed by atoms with E-state index in [9.17, 15) is 43.9 Å². The SMILES string of the molecule is FC(C(C(F)(F)F)C(F)(F)F)C(F)(F)F. The van der Waals surface area contributed by atoms with Crippen molar-refractivity contribution in [3.05, 3.63) is 0 Å². The number of hydrogen-bond donors (Lipinski definition) is 0. The average molecular weight is 252 g/mol. The highest BCUT2D eigenvalue weighted by atomic mass is 19.4. The van der Waals surface area contributed by atoms with Crippen LogP contribution in [0.25, 0.3) is 0 Å². The number of rotatable bonds is 1. The Labute approximate surface area is 75.9 Å². The Bertz CT molecular complexity index is 191. The summed E-state index contributed by atoms with van der Waals surface area (Å²) in [5.74, 6) is -5.05. The van der Waals surface area contributed by atoms with Gasteiger partial charge in [0.1, 0.15) is 0 Å². The first-order valence-electron chi connectivity index (χ1n) is 3.12. The second-order valence-corrected chi connectivity index (χ2v) is 2.50. The molecule has 0 nitrogen and oxygen atoms in total. The largest absolute Gasteiger partial charge is 0.420 e. The van der Waals surface area contributed by atoms with E-state index in [2.05, 4.69) is 0 Å². The summed E-state index contributed by atoms with van der Waals surface area (Å²) >= 11 is 0. The molecule has 0 aromatic rings. The fourth-order valence-electron chi connectivity index (χ4n) is 0.706. The van der Waals surface area contributed by atoms with E-state index in [-0.39, 0.29) is 0 Å². The Morgan fingerprint density at radius 3 is 0.867 bits per heavy atom. The number of alkyl halides is 10. The van der Waals surface area contributed by atoms with Gasteiger partial charge in [-0.2, -0.15) is 39.5 Å². The summed E-state index contributed by atoms with van der Waals surface area (Å²) < 4.78 is 115. The van der Waals surface area contributed by atoms with E-state index in [1.807, 2.05) is 0 Å². The molecule has 92 valence electrons. The monoisotopic (exact) mass is 252 g/mol. The van der Waals surface area contributed by atoms with Gasteiger partial charge in [0, 0.05) is 0 Å². The highest BCUT2D eigenvalue weighted by molar-refractivity contribution is 4.86. The van der Waals surface area contributed by atoms with E-state index in [1.54, 1.807) is 0 Å². The molecule has 0 amide bonds. The van der Waals surface area contributed by atoms with Crippen molar-refractivity contribution < 1.29 is 43.9 Å². The standard InChI is InChI=1S/C5H2F10/c6-2(5(13,14)15)1(3(7,8)9)4(10,11)12/h1-2H. The first kappa shape index (κ1) is 14.3. The zero-order valence-corrected chi connectivity index (χ0v) is 6.43. The summed E-state index contributed by atoms with van der Waals surface area (Å²) in [6, 6.07) is 0. The van der Waals surface area contributed by atoms with Gasteiger partial charge in [0.05, 0.1) is 0 Å². The van der Waals surface area contributed by atoms with Gasteiger partial charge < -0.3 is 0 Å². The van der Waals surface area contributed by atoms with Crippen molar-refractivity contribution in [3.63, 3.8) is 0 Å². The van der Waals surface area contributed by atoms with E-state index >= 15 is 0 Å². The lowest BCUT2D eigenvalue weighted by molar-refractivity contribution is -0.332. The van der Waals surface area contributed by atoms with Crippen LogP contribution in [0.1, 0.15) is 0 Å². The molecular formula is C5H2F10. The van der Waals surface area contributed by atoms with Crippen molar-refractivity contribution in [2.45, 2.75) is 24.7 Å². The van der Waals surface area contributed by atoms with Crippen LogP contribution >= 0.6 is 0 Å². The normalized spacial score (nSPS) is 17.0. The minimum Gasteiger partial charge on any atom is -0.236 e. The van der Waals surface area contributed by atoms with Gasteiger partial charge in [-0.15, -0.1) is 0 Å². The Balaban J connectivity index is 5.16. The third-order valence-corrected chi connectivity index (χ3v) is 1.31. The summed E-state index contributed by atoms with van der Waals surface area (Å²) in [4.78, 5) is 0. The van der Waals surface area contributed by atoms with Crippen molar-refractivity contribution >= 4 is 0 Å². The van der Waals surface area contributed by atoms with Crippen LogP contribution in [-0.4, -0.2) is 24.7 Å². The van der Waals surface area contributed by atoms with Crippen molar-refractivity contribution in [3.8, 4) is 0 Å². The topological polar surface area (TPSA) is 0 Å². The number of halogens is 10. The molecule has 15 heavy (non-hydrogen) atoms. The van der Waals surface area contributed by atoms with Gasteiger partial charge >= 0.3 is 18.5 Å². The Morgan fingerprint density at radius 1 is 0.533 bits per heavy atom. The summed E-state index contributed by atoms with van der Waals surface area (Å²) in [5, 5.41) is 0. The summed E-state index contributed by atoms with van der Waals surface area (Å²) in [5.41, 5.74) is 0. The molecule has 0 aliphatic rings. The van der Waals surface area contributed by atoms with E-state index < -0.39 is 30.6 Å². The van der Waals surface area contributed by atoms with Crippen molar-refractivity contribution in [1.82, 2.24) is 0 Å². The van der Waals surface area contributed by atoms with E-state index in [0.29, 0.717) is 0 Å². The zero-order chi connectivity index (χ0) is 12.7. The molecule has 0 bridgehead atoms. The predicted molar refractivity (Wildman–Crippen MR) is 26.6 cm³/mol. The maximum Gasteiger partial charge on any atom is 0.420 e. The van der Waals surface area contributed by atoms with Crippen LogP contribution in [0.3, 0.4) is 0 Å². The third kappa shape index (κ3) is 3.74. The fourth-order valence-corrected chi connectivity index (χ4v) is 0.706. The molecule has 0 saturated heterocycles. The molecule has 0 aliphatic carbocycles. The van der Waals surface area contributed by atoms with Gasteiger partial charge in [0.15, 0.2) is 5.92 Å². The smallest absolute Gasteiger partial charge is 0.236 e. The molecule has 0 radical (unpaired) electrons. The lowest BCUT2D eigenvalue weighted by Crippen LogP contribution is -2.48. The van der Waals surface area contributed by atoms with Crippen molar-refractivity contribution in [1.29, 1.82) is 0 Å². The minimum atomic E-state index is -6.34. The molecule has 0 aromatic carbocycles. The summed E-state index contributed by atoms with van der Waals surface area (Å²) in [6.45, 7) is 0.